The topological polar surface area (TPSA) is 107 Å². The highest BCUT2D eigenvalue weighted by Gasteiger charge is 2.16. The molecule has 2 amide bonds. The molecular formula is C19H16N4O3. The molecule has 3 N–H and O–H groups in total. The van der Waals surface area contributed by atoms with Gasteiger partial charge in [0.2, 0.25) is 0 Å². The summed E-state index contributed by atoms with van der Waals surface area (Å²) in [5, 5.41) is 9.52. The number of nitrogens with one attached hydrogen (secondary N) is 3. The number of hydrogen-bond acceptors (Lipinski definition) is 4. The number of carbonyl (C=O) groups excluding carboxylic acids is 2. The maximum Gasteiger partial charge on any atom is 0.276 e. The van der Waals surface area contributed by atoms with Crippen molar-refractivity contribution in [3.63, 3.8) is 0 Å². The fourth-order valence-electron chi connectivity index (χ4n) is 2.57. The van der Waals surface area contributed by atoms with Gasteiger partial charge in [0.15, 0.2) is 6.61 Å². The van der Waals surface area contributed by atoms with E-state index >= 15 is 0 Å². The first-order valence-electron chi connectivity index (χ1n) is 7.88. The normalized spacial score (nSPS) is 10.2. The van der Waals surface area contributed by atoms with Crippen LogP contribution in [-0.2, 0) is 4.79 Å². The Balaban J connectivity index is 1.56. The van der Waals surface area contributed by atoms with Crippen molar-refractivity contribution in [3.8, 4) is 11.8 Å². The lowest BCUT2D eigenvalue weighted by Crippen LogP contribution is -2.44. The number of ether oxygens (including phenoxy) is 1. The van der Waals surface area contributed by atoms with E-state index in [-0.39, 0.29) is 6.61 Å². The van der Waals surface area contributed by atoms with Gasteiger partial charge in [0.25, 0.3) is 11.8 Å². The molecule has 7 heteroatoms. The summed E-state index contributed by atoms with van der Waals surface area (Å²) in [4.78, 5) is 27.4. The predicted molar refractivity (Wildman–Crippen MR) is 95.3 cm³/mol. The fraction of sp³-hybridized carbons (Fsp3) is 0.105. The number of aromatic amines is 1. The molecule has 1 heterocycles. The molecule has 0 bridgehead atoms. The number of hydrogen-bond donors (Lipinski definition) is 3. The van der Waals surface area contributed by atoms with Gasteiger partial charge in [-0.05, 0) is 37.3 Å². The summed E-state index contributed by atoms with van der Waals surface area (Å²) >= 11 is 0. The van der Waals surface area contributed by atoms with Crippen LogP contribution in [0.4, 0.5) is 0 Å². The summed E-state index contributed by atoms with van der Waals surface area (Å²) in [5.41, 5.74) is 7.27. The maximum absolute atomic E-state index is 12.4. The highest BCUT2D eigenvalue weighted by molar-refractivity contribution is 6.08. The molecule has 1 aromatic heterocycles. The van der Waals surface area contributed by atoms with Crippen LogP contribution in [0.15, 0.2) is 48.5 Å². The number of aromatic nitrogens is 1. The minimum absolute atomic E-state index is 0.265. The third-order valence-electron chi connectivity index (χ3n) is 3.79. The molecule has 0 unspecified atom stereocenters. The molecule has 3 rings (SSSR count). The SMILES string of the molecule is Cc1[nH]c2ccccc2c1C(=O)NNC(=O)COc1ccc(C#N)cc1. The molecule has 0 fully saturated rings. The Morgan fingerprint density at radius 1 is 1.12 bits per heavy atom. The van der Waals surface area contributed by atoms with Gasteiger partial charge in [-0.1, -0.05) is 18.2 Å². The molecule has 7 nitrogen and oxygen atoms in total. The van der Waals surface area contributed by atoms with E-state index in [9.17, 15) is 9.59 Å². The van der Waals surface area contributed by atoms with Gasteiger partial charge in [-0.15, -0.1) is 0 Å². The number of para-hydroxylation sites is 1. The molecule has 2 aromatic carbocycles. The molecule has 26 heavy (non-hydrogen) atoms. The number of amides is 2. The van der Waals surface area contributed by atoms with Crippen molar-refractivity contribution in [1.29, 1.82) is 5.26 Å². The minimum Gasteiger partial charge on any atom is -0.484 e. The number of rotatable bonds is 4. The first-order valence-corrected chi connectivity index (χ1v) is 7.88. The van der Waals surface area contributed by atoms with Crippen molar-refractivity contribution in [2.75, 3.05) is 6.61 Å². The second kappa shape index (κ2) is 7.40. The van der Waals surface area contributed by atoms with Gasteiger partial charge < -0.3 is 9.72 Å². The lowest BCUT2D eigenvalue weighted by Gasteiger charge is -2.09. The highest BCUT2D eigenvalue weighted by Crippen LogP contribution is 2.21. The van der Waals surface area contributed by atoms with Gasteiger partial charge in [-0.3, -0.25) is 20.4 Å². The van der Waals surface area contributed by atoms with Crippen molar-refractivity contribution in [2.45, 2.75) is 6.92 Å². The van der Waals surface area contributed by atoms with Crippen LogP contribution < -0.4 is 15.6 Å². The molecule has 0 radical (unpaired) electrons. The molecule has 0 aliphatic carbocycles. The van der Waals surface area contributed by atoms with Crippen LogP contribution in [0, 0.1) is 18.3 Å². The van der Waals surface area contributed by atoms with Gasteiger partial charge in [-0.25, -0.2) is 0 Å². The monoisotopic (exact) mass is 348 g/mol. The zero-order chi connectivity index (χ0) is 18.5. The average molecular weight is 348 g/mol. The number of benzene rings is 2. The van der Waals surface area contributed by atoms with Crippen LogP contribution in [0.1, 0.15) is 21.6 Å². The van der Waals surface area contributed by atoms with E-state index in [2.05, 4.69) is 15.8 Å². The summed E-state index contributed by atoms with van der Waals surface area (Å²) < 4.78 is 5.31. The van der Waals surface area contributed by atoms with E-state index in [4.69, 9.17) is 10.00 Å². The molecular weight excluding hydrogens is 332 g/mol. The Morgan fingerprint density at radius 2 is 1.85 bits per heavy atom. The summed E-state index contributed by atoms with van der Waals surface area (Å²) in [6, 6.07) is 15.8. The zero-order valence-electron chi connectivity index (χ0n) is 14.0. The standard InChI is InChI=1S/C19H16N4O3/c1-12-18(15-4-2-3-5-16(15)21-12)19(25)23-22-17(24)11-26-14-8-6-13(10-20)7-9-14/h2-9,21H,11H2,1H3,(H,22,24)(H,23,25). The lowest BCUT2D eigenvalue weighted by molar-refractivity contribution is -0.123. The van der Waals surface area contributed by atoms with Crippen LogP contribution >= 0.6 is 0 Å². The molecule has 0 saturated heterocycles. The molecule has 130 valence electrons. The maximum atomic E-state index is 12.4. The zero-order valence-corrected chi connectivity index (χ0v) is 14.0. The summed E-state index contributed by atoms with van der Waals surface area (Å²) in [6.45, 7) is 1.53. The Labute approximate surface area is 149 Å². The molecule has 0 atom stereocenters. The van der Waals surface area contributed by atoms with Gasteiger partial charge in [-0.2, -0.15) is 5.26 Å². The second-order valence-electron chi connectivity index (χ2n) is 5.60. The number of carbonyl (C=O) groups is 2. The van der Waals surface area contributed by atoms with Gasteiger partial charge >= 0.3 is 0 Å². The summed E-state index contributed by atoms with van der Waals surface area (Å²) in [6.07, 6.45) is 0. The van der Waals surface area contributed by atoms with Crippen LogP contribution in [0.5, 0.6) is 5.75 Å². The number of hydrazine groups is 1. The largest absolute Gasteiger partial charge is 0.484 e. The van der Waals surface area contributed by atoms with E-state index in [1.807, 2.05) is 30.3 Å². The van der Waals surface area contributed by atoms with Crippen molar-refractivity contribution in [2.24, 2.45) is 0 Å². The van der Waals surface area contributed by atoms with Gasteiger partial charge in [0.05, 0.1) is 17.2 Å². The van der Waals surface area contributed by atoms with Crippen molar-refractivity contribution < 1.29 is 14.3 Å². The predicted octanol–water partition coefficient (Wildman–Crippen LogP) is 2.19. The number of H-pyrrole nitrogens is 1. The Kier molecular flexibility index (Phi) is 4.85. The number of nitriles is 1. The van der Waals surface area contributed by atoms with E-state index in [0.29, 0.717) is 22.6 Å². The number of aryl methyl sites for hydroxylation is 1. The molecule has 0 saturated carbocycles. The van der Waals surface area contributed by atoms with Crippen LogP contribution in [0.3, 0.4) is 0 Å². The summed E-state index contributed by atoms with van der Waals surface area (Å²) in [5.74, 6) is -0.454. The van der Waals surface area contributed by atoms with Gasteiger partial charge in [0.1, 0.15) is 5.75 Å². The smallest absolute Gasteiger partial charge is 0.276 e. The highest BCUT2D eigenvalue weighted by atomic mass is 16.5. The lowest BCUT2D eigenvalue weighted by atomic mass is 10.1. The Bertz CT molecular complexity index is 1000. The molecule has 3 aromatic rings. The van der Waals surface area contributed by atoms with Crippen molar-refractivity contribution >= 4 is 22.7 Å². The van der Waals surface area contributed by atoms with Gasteiger partial charge in [0, 0.05) is 16.6 Å². The fourth-order valence-corrected chi connectivity index (χ4v) is 2.57. The van der Waals surface area contributed by atoms with E-state index < -0.39 is 11.8 Å². The third-order valence-corrected chi connectivity index (χ3v) is 3.79. The number of fused-ring (bicyclic) bond motifs is 1. The molecule has 0 spiro atoms. The first kappa shape index (κ1) is 17.0. The second-order valence-corrected chi connectivity index (χ2v) is 5.60. The Morgan fingerprint density at radius 3 is 2.58 bits per heavy atom. The number of nitrogens with zero attached hydrogens (tertiary/aromatic N) is 1. The van der Waals surface area contributed by atoms with Crippen LogP contribution in [0.25, 0.3) is 10.9 Å². The summed E-state index contributed by atoms with van der Waals surface area (Å²) in [7, 11) is 0. The molecule has 0 aliphatic heterocycles. The Hall–Kier alpha value is -3.79. The van der Waals surface area contributed by atoms with E-state index in [1.165, 1.54) is 0 Å². The third kappa shape index (κ3) is 3.65. The van der Waals surface area contributed by atoms with Crippen LogP contribution in [0.2, 0.25) is 0 Å². The molecule has 0 aliphatic rings. The average Bonchev–Trinajstić information content (AvgIpc) is 3.00. The quantitative estimate of drug-likeness (QED) is 0.628. The first-order chi connectivity index (χ1) is 12.6. The van der Waals surface area contributed by atoms with Crippen molar-refractivity contribution in [1.82, 2.24) is 15.8 Å². The van der Waals surface area contributed by atoms with E-state index in [0.717, 1.165) is 10.9 Å². The van der Waals surface area contributed by atoms with Crippen molar-refractivity contribution in [3.05, 3.63) is 65.4 Å². The minimum atomic E-state index is -0.500. The van der Waals surface area contributed by atoms with Crippen LogP contribution in [-0.4, -0.2) is 23.4 Å². The van der Waals surface area contributed by atoms with E-state index in [1.54, 1.807) is 31.2 Å².